The molecule has 0 aliphatic carbocycles. The van der Waals surface area contributed by atoms with Gasteiger partial charge in [-0.3, -0.25) is 10.1 Å². The van der Waals surface area contributed by atoms with Gasteiger partial charge in [0.15, 0.2) is 5.11 Å². The Bertz CT molecular complexity index is 694. The van der Waals surface area contributed by atoms with Gasteiger partial charge in [-0.05, 0) is 62.8 Å². The lowest BCUT2D eigenvalue weighted by molar-refractivity contribution is 0.0976. The van der Waals surface area contributed by atoms with E-state index in [1.807, 2.05) is 57.2 Å². The maximum atomic E-state index is 12.1. The molecule has 0 saturated heterocycles. The number of rotatable bonds is 5. The van der Waals surface area contributed by atoms with E-state index in [9.17, 15) is 4.79 Å². The van der Waals surface area contributed by atoms with Crippen LogP contribution in [0.15, 0.2) is 48.5 Å². The average Bonchev–Trinajstić information content (AvgIpc) is 2.54. The zero-order valence-corrected chi connectivity index (χ0v) is 14.9. The number of hydrogen-bond donors (Lipinski definition) is 2. The average molecular weight is 342 g/mol. The Balaban J connectivity index is 1.82. The summed E-state index contributed by atoms with van der Waals surface area (Å²) in [6.07, 6.45) is 0.151. The Labute approximate surface area is 148 Å². The monoisotopic (exact) mass is 342 g/mol. The third-order valence-corrected chi connectivity index (χ3v) is 3.54. The lowest BCUT2D eigenvalue weighted by Crippen LogP contribution is -2.38. The van der Waals surface area contributed by atoms with Crippen molar-refractivity contribution in [2.45, 2.75) is 33.4 Å². The minimum absolute atomic E-state index is 0.151. The van der Waals surface area contributed by atoms with Gasteiger partial charge in [-0.25, -0.2) is 0 Å². The molecular formula is C19H22N2O2S. The fraction of sp³-hybridized carbons (Fsp3) is 0.263. The number of amides is 1. The Morgan fingerprint density at radius 3 is 2.29 bits per heavy atom. The van der Waals surface area contributed by atoms with Gasteiger partial charge in [-0.1, -0.05) is 29.8 Å². The largest absolute Gasteiger partial charge is 0.491 e. The molecule has 0 fully saturated rings. The van der Waals surface area contributed by atoms with Crippen LogP contribution in [0.4, 0.5) is 0 Å². The maximum Gasteiger partial charge on any atom is 0.257 e. The van der Waals surface area contributed by atoms with Gasteiger partial charge in [0.1, 0.15) is 5.75 Å². The van der Waals surface area contributed by atoms with Gasteiger partial charge >= 0.3 is 0 Å². The molecule has 0 radical (unpaired) electrons. The van der Waals surface area contributed by atoms with Gasteiger partial charge in [0, 0.05) is 12.1 Å². The molecule has 0 aromatic heterocycles. The number of aryl methyl sites for hydroxylation is 1. The van der Waals surface area contributed by atoms with E-state index in [0.717, 1.165) is 16.9 Å². The number of carbonyl (C=O) groups is 1. The summed E-state index contributed by atoms with van der Waals surface area (Å²) in [7, 11) is 0. The van der Waals surface area contributed by atoms with Crippen LogP contribution in [-0.4, -0.2) is 17.1 Å². The van der Waals surface area contributed by atoms with Crippen molar-refractivity contribution >= 4 is 23.2 Å². The van der Waals surface area contributed by atoms with Crippen LogP contribution >= 0.6 is 12.2 Å². The summed E-state index contributed by atoms with van der Waals surface area (Å²) in [5, 5.41) is 6.02. The topological polar surface area (TPSA) is 50.4 Å². The summed E-state index contributed by atoms with van der Waals surface area (Å²) in [4.78, 5) is 12.1. The highest BCUT2D eigenvalue weighted by atomic mass is 32.1. The Morgan fingerprint density at radius 2 is 1.71 bits per heavy atom. The number of thiocarbonyl (C=S) groups is 1. The van der Waals surface area contributed by atoms with Crippen molar-refractivity contribution in [2.24, 2.45) is 0 Å². The van der Waals surface area contributed by atoms with Gasteiger partial charge in [0.05, 0.1) is 6.10 Å². The highest BCUT2D eigenvalue weighted by Gasteiger charge is 2.07. The molecule has 2 aromatic carbocycles. The third-order valence-electron chi connectivity index (χ3n) is 3.29. The first-order valence-corrected chi connectivity index (χ1v) is 8.26. The second kappa shape index (κ2) is 8.45. The number of ether oxygens (including phenoxy) is 1. The van der Waals surface area contributed by atoms with Gasteiger partial charge in [-0.2, -0.15) is 0 Å². The second-order valence-corrected chi connectivity index (χ2v) is 6.22. The first-order valence-electron chi connectivity index (χ1n) is 7.85. The van der Waals surface area contributed by atoms with Gasteiger partial charge in [-0.15, -0.1) is 0 Å². The summed E-state index contributed by atoms with van der Waals surface area (Å²) in [5.41, 5.74) is 2.75. The van der Waals surface area contributed by atoms with E-state index >= 15 is 0 Å². The Kier molecular flexibility index (Phi) is 6.32. The molecule has 0 bridgehead atoms. The molecule has 0 aliphatic rings. The number of carbonyl (C=O) groups excluding carboxylic acids is 1. The van der Waals surface area contributed by atoms with Crippen LogP contribution in [-0.2, 0) is 6.54 Å². The molecular weight excluding hydrogens is 320 g/mol. The van der Waals surface area contributed by atoms with Crippen molar-refractivity contribution in [1.29, 1.82) is 0 Å². The lowest BCUT2D eigenvalue weighted by atomic mass is 10.1. The SMILES string of the molecule is Cc1ccc(C(=O)NC(=S)NCc2ccc(OC(C)C)cc2)cc1. The van der Waals surface area contributed by atoms with Crippen LogP contribution in [0.1, 0.15) is 35.3 Å². The minimum atomic E-state index is -0.215. The van der Waals surface area contributed by atoms with E-state index in [1.165, 1.54) is 0 Å². The molecule has 5 heteroatoms. The summed E-state index contributed by atoms with van der Waals surface area (Å²) >= 11 is 5.17. The molecule has 126 valence electrons. The standard InChI is InChI=1S/C19H22N2O2S/c1-13(2)23-17-10-6-15(7-11-17)12-20-19(24)21-18(22)16-8-4-14(3)5-9-16/h4-11,13H,12H2,1-3H3,(H2,20,21,22,24). The summed E-state index contributed by atoms with van der Waals surface area (Å²) in [6.45, 7) is 6.50. The van der Waals surface area contributed by atoms with E-state index in [1.54, 1.807) is 12.1 Å². The van der Waals surface area contributed by atoms with Crippen molar-refractivity contribution < 1.29 is 9.53 Å². The number of nitrogens with one attached hydrogen (secondary N) is 2. The van der Waals surface area contributed by atoms with Crippen molar-refractivity contribution in [2.75, 3.05) is 0 Å². The minimum Gasteiger partial charge on any atom is -0.491 e. The highest BCUT2D eigenvalue weighted by molar-refractivity contribution is 7.80. The molecule has 0 atom stereocenters. The summed E-state index contributed by atoms with van der Waals surface area (Å²) in [5.74, 6) is 0.622. The molecule has 0 aliphatic heterocycles. The molecule has 0 saturated carbocycles. The van der Waals surface area contributed by atoms with E-state index < -0.39 is 0 Å². The first kappa shape index (κ1) is 17.9. The van der Waals surface area contributed by atoms with Gasteiger partial charge in [0.2, 0.25) is 0 Å². The van der Waals surface area contributed by atoms with E-state index in [4.69, 9.17) is 17.0 Å². The first-order chi connectivity index (χ1) is 11.4. The zero-order chi connectivity index (χ0) is 17.5. The molecule has 2 rings (SSSR count). The van der Waals surface area contributed by atoms with Crippen molar-refractivity contribution in [3.05, 3.63) is 65.2 Å². The van der Waals surface area contributed by atoms with Crippen LogP contribution in [0.3, 0.4) is 0 Å². The summed E-state index contributed by atoms with van der Waals surface area (Å²) < 4.78 is 5.60. The van der Waals surface area contributed by atoms with Gasteiger partial charge in [0.25, 0.3) is 5.91 Å². The predicted molar refractivity (Wildman–Crippen MR) is 100 cm³/mol. The van der Waals surface area contributed by atoms with Gasteiger partial charge < -0.3 is 10.1 Å². The molecule has 0 heterocycles. The summed E-state index contributed by atoms with van der Waals surface area (Å²) in [6, 6.07) is 15.1. The Hall–Kier alpha value is -2.40. The molecule has 2 aromatic rings. The van der Waals surface area contributed by atoms with Crippen LogP contribution in [0.25, 0.3) is 0 Å². The lowest BCUT2D eigenvalue weighted by Gasteiger charge is -2.12. The molecule has 4 nitrogen and oxygen atoms in total. The van der Waals surface area contributed by atoms with Crippen LogP contribution in [0, 0.1) is 6.92 Å². The molecule has 24 heavy (non-hydrogen) atoms. The fourth-order valence-corrected chi connectivity index (χ4v) is 2.23. The quantitative estimate of drug-likeness (QED) is 0.816. The van der Waals surface area contributed by atoms with Crippen molar-refractivity contribution in [1.82, 2.24) is 10.6 Å². The third kappa shape index (κ3) is 5.66. The van der Waals surface area contributed by atoms with E-state index in [-0.39, 0.29) is 12.0 Å². The fourth-order valence-electron chi connectivity index (χ4n) is 2.06. The van der Waals surface area contributed by atoms with E-state index in [0.29, 0.717) is 17.2 Å². The molecule has 0 unspecified atom stereocenters. The normalized spacial score (nSPS) is 10.3. The maximum absolute atomic E-state index is 12.1. The smallest absolute Gasteiger partial charge is 0.257 e. The van der Waals surface area contributed by atoms with E-state index in [2.05, 4.69) is 10.6 Å². The predicted octanol–water partition coefficient (Wildman–Crippen LogP) is 3.59. The zero-order valence-electron chi connectivity index (χ0n) is 14.1. The molecule has 0 spiro atoms. The van der Waals surface area contributed by atoms with Crippen LogP contribution in [0.5, 0.6) is 5.75 Å². The van der Waals surface area contributed by atoms with Crippen LogP contribution < -0.4 is 15.4 Å². The Morgan fingerprint density at radius 1 is 1.08 bits per heavy atom. The van der Waals surface area contributed by atoms with Crippen molar-refractivity contribution in [3.8, 4) is 5.75 Å². The second-order valence-electron chi connectivity index (χ2n) is 5.81. The van der Waals surface area contributed by atoms with Crippen molar-refractivity contribution in [3.63, 3.8) is 0 Å². The molecule has 1 amide bonds. The molecule has 2 N–H and O–H groups in total. The highest BCUT2D eigenvalue weighted by Crippen LogP contribution is 2.13. The number of benzene rings is 2. The van der Waals surface area contributed by atoms with Crippen LogP contribution in [0.2, 0.25) is 0 Å². The number of hydrogen-bond acceptors (Lipinski definition) is 3.